The molecule has 0 aliphatic carbocycles. The molecular weight excluding hydrogens is 196 g/mol. The highest BCUT2D eigenvalue weighted by molar-refractivity contribution is 8.00. The highest BCUT2D eigenvalue weighted by Gasteiger charge is 2.25. The van der Waals surface area contributed by atoms with Crippen molar-refractivity contribution in [2.45, 2.75) is 13.3 Å². The van der Waals surface area contributed by atoms with Gasteiger partial charge in [-0.1, -0.05) is 0 Å². The number of hydrogen-bond acceptors (Lipinski definition) is 3. The molecule has 0 aromatic carbocycles. The number of carbonyl (C=O) groups is 1. The minimum atomic E-state index is 0.217. The average Bonchev–Trinajstić information content (AvgIpc) is 2.62. The van der Waals surface area contributed by atoms with Gasteiger partial charge in [0.2, 0.25) is 0 Å². The van der Waals surface area contributed by atoms with Gasteiger partial charge in [-0.2, -0.15) is 16.9 Å². The minimum Gasteiger partial charge on any atom is -0.298 e. The van der Waals surface area contributed by atoms with Crippen molar-refractivity contribution in [3.63, 3.8) is 0 Å². The minimum absolute atomic E-state index is 0.217. The molecule has 1 fully saturated rings. The van der Waals surface area contributed by atoms with E-state index in [0.29, 0.717) is 11.5 Å². The molecule has 2 rings (SSSR count). The lowest BCUT2D eigenvalue weighted by molar-refractivity contribution is -0.119. The molecule has 1 aromatic heterocycles. The largest absolute Gasteiger partial charge is 0.298 e. The van der Waals surface area contributed by atoms with Gasteiger partial charge in [-0.25, -0.2) is 0 Å². The van der Waals surface area contributed by atoms with Gasteiger partial charge >= 0.3 is 0 Å². The summed E-state index contributed by atoms with van der Waals surface area (Å²) in [7, 11) is 1.94. The zero-order chi connectivity index (χ0) is 10.1. The van der Waals surface area contributed by atoms with Crippen LogP contribution in [0, 0.1) is 12.8 Å². The molecule has 2 heterocycles. The van der Waals surface area contributed by atoms with Crippen LogP contribution in [0.5, 0.6) is 0 Å². The molecule has 76 valence electrons. The number of Topliss-reactive ketones (excluding diaryl/α,β-unsaturated/α-hetero) is 1. The quantitative estimate of drug-likeness (QED) is 0.736. The molecule has 0 bridgehead atoms. The van der Waals surface area contributed by atoms with Gasteiger partial charge in [0.05, 0.1) is 11.4 Å². The Bertz CT molecular complexity index is 359. The van der Waals surface area contributed by atoms with Crippen molar-refractivity contribution < 1.29 is 4.79 Å². The molecule has 4 heteroatoms. The smallest absolute Gasteiger partial charge is 0.147 e. The second-order valence-corrected chi connectivity index (χ2v) is 4.81. The van der Waals surface area contributed by atoms with E-state index in [0.717, 1.165) is 17.9 Å². The second kappa shape index (κ2) is 3.77. The van der Waals surface area contributed by atoms with Crippen LogP contribution in [-0.2, 0) is 18.3 Å². The van der Waals surface area contributed by atoms with Crippen LogP contribution in [0.25, 0.3) is 0 Å². The lowest BCUT2D eigenvalue weighted by Crippen LogP contribution is -2.15. The number of hydrogen-bond donors (Lipinski definition) is 0. The Labute approximate surface area is 87.9 Å². The van der Waals surface area contributed by atoms with Crippen LogP contribution in [-0.4, -0.2) is 27.1 Å². The number of aromatic nitrogens is 2. The zero-order valence-corrected chi connectivity index (χ0v) is 9.30. The highest BCUT2D eigenvalue weighted by Crippen LogP contribution is 2.23. The van der Waals surface area contributed by atoms with Crippen molar-refractivity contribution in [3.8, 4) is 0 Å². The number of carbonyl (C=O) groups excluding carboxylic acids is 1. The van der Waals surface area contributed by atoms with Crippen molar-refractivity contribution in [1.82, 2.24) is 9.78 Å². The summed E-state index contributed by atoms with van der Waals surface area (Å²) >= 11 is 1.74. The van der Waals surface area contributed by atoms with Gasteiger partial charge in [-0.05, 0) is 19.4 Å². The summed E-state index contributed by atoms with van der Waals surface area (Å²) < 4.78 is 1.88. The standard InChI is InChI=1S/C10H14N2OS/c1-7-3-9(12(2)11-7)4-8-5-14-6-10(8)13/h3,8H,4-6H2,1-2H3. The van der Waals surface area contributed by atoms with Crippen molar-refractivity contribution >= 4 is 17.5 Å². The second-order valence-electron chi connectivity index (χ2n) is 3.78. The highest BCUT2D eigenvalue weighted by atomic mass is 32.2. The van der Waals surface area contributed by atoms with E-state index in [-0.39, 0.29) is 5.92 Å². The van der Waals surface area contributed by atoms with Crippen molar-refractivity contribution in [2.24, 2.45) is 13.0 Å². The lowest BCUT2D eigenvalue weighted by atomic mass is 10.0. The molecule has 1 unspecified atom stereocenters. The molecule has 1 aromatic rings. The molecule has 1 aliphatic heterocycles. The van der Waals surface area contributed by atoms with Gasteiger partial charge in [-0.15, -0.1) is 0 Å². The van der Waals surface area contributed by atoms with Gasteiger partial charge in [0.1, 0.15) is 5.78 Å². The van der Waals surface area contributed by atoms with Crippen LogP contribution in [0.4, 0.5) is 0 Å². The molecule has 14 heavy (non-hydrogen) atoms. The van der Waals surface area contributed by atoms with Crippen LogP contribution in [0.2, 0.25) is 0 Å². The first-order chi connectivity index (χ1) is 6.66. The Morgan fingerprint density at radius 1 is 1.71 bits per heavy atom. The summed E-state index contributed by atoms with van der Waals surface area (Å²) in [5, 5.41) is 4.28. The number of thioether (sulfide) groups is 1. The van der Waals surface area contributed by atoms with Crippen LogP contribution >= 0.6 is 11.8 Å². The Balaban J connectivity index is 2.10. The van der Waals surface area contributed by atoms with E-state index in [1.165, 1.54) is 5.69 Å². The van der Waals surface area contributed by atoms with Gasteiger partial charge in [0, 0.05) is 24.4 Å². The number of ketones is 1. The Morgan fingerprint density at radius 2 is 2.50 bits per heavy atom. The van der Waals surface area contributed by atoms with Crippen LogP contribution in [0.3, 0.4) is 0 Å². The Kier molecular flexibility index (Phi) is 2.63. The molecule has 0 radical (unpaired) electrons. The molecule has 0 saturated carbocycles. The zero-order valence-electron chi connectivity index (χ0n) is 8.49. The first-order valence-electron chi connectivity index (χ1n) is 4.77. The molecule has 1 aliphatic rings. The third-order valence-electron chi connectivity index (χ3n) is 2.57. The van der Waals surface area contributed by atoms with E-state index in [4.69, 9.17) is 0 Å². The fourth-order valence-corrected chi connectivity index (χ4v) is 2.94. The molecule has 0 amide bonds. The monoisotopic (exact) mass is 210 g/mol. The van der Waals surface area contributed by atoms with Gasteiger partial charge in [0.25, 0.3) is 0 Å². The fraction of sp³-hybridized carbons (Fsp3) is 0.600. The first-order valence-corrected chi connectivity index (χ1v) is 5.92. The lowest BCUT2D eigenvalue weighted by Gasteiger charge is -2.06. The maximum absolute atomic E-state index is 11.4. The fourth-order valence-electron chi connectivity index (χ4n) is 1.79. The summed E-state index contributed by atoms with van der Waals surface area (Å²) in [6, 6.07) is 2.07. The van der Waals surface area contributed by atoms with Crippen molar-refractivity contribution in [2.75, 3.05) is 11.5 Å². The number of nitrogens with zero attached hydrogens (tertiary/aromatic N) is 2. The molecule has 0 N–H and O–H groups in total. The molecular formula is C10H14N2OS. The normalized spacial score (nSPS) is 21.9. The van der Waals surface area contributed by atoms with Crippen LogP contribution < -0.4 is 0 Å². The number of rotatable bonds is 2. The predicted molar refractivity (Wildman–Crippen MR) is 57.5 cm³/mol. The third kappa shape index (κ3) is 1.85. The molecule has 3 nitrogen and oxygen atoms in total. The summed E-state index contributed by atoms with van der Waals surface area (Å²) in [4.78, 5) is 11.4. The first kappa shape index (κ1) is 9.77. The Hall–Kier alpha value is -0.770. The van der Waals surface area contributed by atoms with Gasteiger partial charge in [0.15, 0.2) is 0 Å². The average molecular weight is 210 g/mol. The van der Waals surface area contributed by atoms with Gasteiger partial charge in [-0.3, -0.25) is 9.48 Å². The summed E-state index contributed by atoms with van der Waals surface area (Å²) in [5.74, 6) is 2.29. The summed E-state index contributed by atoms with van der Waals surface area (Å²) in [6.07, 6.45) is 0.850. The van der Waals surface area contributed by atoms with E-state index < -0.39 is 0 Å². The maximum Gasteiger partial charge on any atom is 0.147 e. The SMILES string of the molecule is Cc1cc(CC2CSCC2=O)n(C)n1. The van der Waals surface area contributed by atoms with Crippen molar-refractivity contribution in [1.29, 1.82) is 0 Å². The van der Waals surface area contributed by atoms with Gasteiger partial charge < -0.3 is 0 Å². The molecule has 0 spiro atoms. The van der Waals surface area contributed by atoms with Crippen LogP contribution in [0.15, 0.2) is 6.07 Å². The van der Waals surface area contributed by atoms with E-state index in [1.807, 2.05) is 18.7 Å². The topological polar surface area (TPSA) is 34.9 Å². The molecule has 1 atom stereocenters. The van der Waals surface area contributed by atoms with E-state index >= 15 is 0 Å². The van der Waals surface area contributed by atoms with E-state index in [1.54, 1.807) is 11.8 Å². The maximum atomic E-state index is 11.4. The van der Waals surface area contributed by atoms with Crippen LogP contribution in [0.1, 0.15) is 11.4 Å². The Morgan fingerprint density at radius 3 is 3.00 bits per heavy atom. The predicted octanol–water partition coefficient (Wildman–Crippen LogP) is 1.20. The van der Waals surface area contributed by atoms with E-state index in [2.05, 4.69) is 11.2 Å². The third-order valence-corrected chi connectivity index (χ3v) is 3.70. The van der Waals surface area contributed by atoms with E-state index in [9.17, 15) is 4.79 Å². The van der Waals surface area contributed by atoms with Crippen molar-refractivity contribution in [3.05, 3.63) is 17.5 Å². The number of aryl methyl sites for hydroxylation is 2. The summed E-state index contributed by atoms with van der Waals surface area (Å²) in [6.45, 7) is 1.98. The summed E-state index contributed by atoms with van der Waals surface area (Å²) in [5.41, 5.74) is 2.20. The molecule has 1 saturated heterocycles.